The fraction of sp³-hybridized carbons (Fsp3) is 0.655. The molecule has 2 aliphatic rings. The van der Waals surface area contributed by atoms with Crippen LogP contribution in [0.3, 0.4) is 0 Å². The number of methoxy groups -OCH3 is 3. The van der Waals surface area contributed by atoms with Crippen LogP contribution in [0, 0.1) is 0 Å². The van der Waals surface area contributed by atoms with Gasteiger partial charge in [0, 0.05) is 19.5 Å². The van der Waals surface area contributed by atoms with Crippen molar-refractivity contribution in [3.05, 3.63) is 17.7 Å². The molecule has 234 valence electrons. The third-order valence-electron chi connectivity index (χ3n) is 7.68. The molecule has 3 rings (SSSR count). The summed E-state index contributed by atoms with van der Waals surface area (Å²) >= 11 is 0. The summed E-state index contributed by atoms with van der Waals surface area (Å²) < 4.78 is 21.6. The van der Waals surface area contributed by atoms with Gasteiger partial charge < -0.3 is 44.9 Å². The number of aliphatic hydroxyl groups is 1. The van der Waals surface area contributed by atoms with Crippen LogP contribution in [0.5, 0.6) is 17.2 Å². The first-order valence-corrected chi connectivity index (χ1v) is 14.1. The van der Waals surface area contributed by atoms with Gasteiger partial charge in [-0.05, 0) is 71.1 Å². The number of nitrogens with one attached hydrogen (secondary N) is 1. The van der Waals surface area contributed by atoms with Crippen LogP contribution in [0.2, 0.25) is 0 Å². The van der Waals surface area contributed by atoms with Crippen LogP contribution in [0.25, 0.3) is 0 Å². The van der Waals surface area contributed by atoms with Crippen LogP contribution >= 0.6 is 0 Å². The van der Waals surface area contributed by atoms with Crippen LogP contribution in [-0.4, -0.2) is 102 Å². The Bertz CT molecular complexity index is 1160. The molecular formula is C29H44N4O9. The van der Waals surface area contributed by atoms with Crippen molar-refractivity contribution in [2.24, 2.45) is 5.73 Å². The van der Waals surface area contributed by atoms with Crippen molar-refractivity contribution in [2.75, 3.05) is 34.4 Å². The quantitative estimate of drug-likeness (QED) is 0.363. The molecule has 2 heterocycles. The maximum Gasteiger partial charge on any atom is 0.408 e. The van der Waals surface area contributed by atoms with Crippen molar-refractivity contribution in [1.82, 2.24) is 15.1 Å². The molecule has 0 bridgehead atoms. The minimum absolute atomic E-state index is 0.0992. The molecular weight excluding hydrogens is 548 g/mol. The molecule has 0 aliphatic carbocycles. The van der Waals surface area contributed by atoms with Gasteiger partial charge in [0.2, 0.25) is 23.5 Å². The number of rotatable bonds is 10. The first kappa shape index (κ1) is 32.8. The number of nitrogens with zero attached hydrogens (tertiary/aromatic N) is 2. The van der Waals surface area contributed by atoms with Crippen molar-refractivity contribution in [2.45, 2.75) is 89.1 Å². The lowest BCUT2D eigenvalue weighted by Crippen LogP contribution is -2.62. The molecule has 0 radical (unpaired) electrons. The van der Waals surface area contributed by atoms with E-state index in [1.807, 2.05) is 0 Å². The number of aliphatic hydroxyl groups excluding tert-OH is 1. The predicted molar refractivity (Wildman–Crippen MR) is 152 cm³/mol. The highest BCUT2D eigenvalue weighted by Gasteiger charge is 2.52. The van der Waals surface area contributed by atoms with Gasteiger partial charge in [0.1, 0.15) is 23.2 Å². The van der Waals surface area contributed by atoms with Crippen LogP contribution in [0.4, 0.5) is 4.79 Å². The summed E-state index contributed by atoms with van der Waals surface area (Å²) in [5, 5.41) is 12.8. The normalized spacial score (nSPS) is 21.9. The first-order valence-electron chi connectivity index (χ1n) is 14.1. The highest BCUT2D eigenvalue weighted by molar-refractivity contribution is 5.96. The van der Waals surface area contributed by atoms with Gasteiger partial charge in [-0.3, -0.25) is 14.4 Å². The largest absolute Gasteiger partial charge is 0.493 e. The molecule has 0 spiro atoms. The van der Waals surface area contributed by atoms with Gasteiger partial charge >= 0.3 is 6.09 Å². The van der Waals surface area contributed by atoms with Crippen molar-refractivity contribution >= 4 is 23.8 Å². The predicted octanol–water partition coefficient (Wildman–Crippen LogP) is 1.37. The first-order chi connectivity index (χ1) is 19.7. The van der Waals surface area contributed by atoms with E-state index in [1.54, 1.807) is 32.9 Å². The molecule has 4 atom stereocenters. The molecule has 1 aromatic carbocycles. The average molecular weight is 593 g/mol. The number of carbonyl (C=O) groups is 4. The summed E-state index contributed by atoms with van der Waals surface area (Å²) in [7, 11) is 4.46. The van der Waals surface area contributed by atoms with Crippen molar-refractivity contribution in [3.63, 3.8) is 0 Å². The zero-order valence-corrected chi connectivity index (χ0v) is 25.5. The second-order valence-corrected chi connectivity index (χ2v) is 11.8. The van der Waals surface area contributed by atoms with Gasteiger partial charge in [-0.1, -0.05) is 0 Å². The van der Waals surface area contributed by atoms with Gasteiger partial charge in [-0.15, -0.1) is 0 Å². The Kier molecular flexibility index (Phi) is 10.2. The maximum atomic E-state index is 14.1. The lowest BCUT2D eigenvalue weighted by Gasteiger charge is -2.39. The number of ether oxygens (including phenoxy) is 4. The van der Waals surface area contributed by atoms with Gasteiger partial charge in [-0.2, -0.15) is 0 Å². The number of primary amides is 1. The van der Waals surface area contributed by atoms with Crippen LogP contribution in [-0.2, 0) is 25.5 Å². The Labute approximate surface area is 246 Å². The molecule has 0 aromatic heterocycles. The topological polar surface area (TPSA) is 170 Å². The number of likely N-dealkylation sites (tertiary alicyclic amines) is 2. The molecule has 4 amide bonds. The number of amides is 4. The molecule has 4 N–H and O–H groups in total. The second kappa shape index (κ2) is 13.1. The molecule has 1 aromatic rings. The van der Waals surface area contributed by atoms with E-state index in [9.17, 15) is 24.3 Å². The van der Waals surface area contributed by atoms with Gasteiger partial charge in [0.05, 0.1) is 27.4 Å². The summed E-state index contributed by atoms with van der Waals surface area (Å²) in [4.78, 5) is 56.1. The highest BCUT2D eigenvalue weighted by Crippen LogP contribution is 2.41. The molecule has 0 unspecified atom stereocenters. The van der Waals surface area contributed by atoms with E-state index in [4.69, 9.17) is 24.7 Å². The van der Waals surface area contributed by atoms with E-state index in [0.717, 1.165) is 0 Å². The smallest absolute Gasteiger partial charge is 0.408 e. The minimum Gasteiger partial charge on any atom is -0.493 e. The molecule has 42 heavy (non-hydrogen) atoms. The molecule has 13 nitrogen and oxygen atoms in total. The summed E-state index contributed by atoms with van der Waals surface area (Å²) in [5.74, 6) is -0.491. The van der Waals surface area contributed by atoms with Gasteiger partial charge in [-0.25, -0.2) is 4.79 Å². The van der Waals surface area contributed by atoms with Crippen LogP contribution in [0.1, 0.15) is 58.9 Å². The third-order valence-corrected chi connectivity index (χ3v) is 7.68. The molecule has 2 saturated heterocycles. The van der Waals surface area contributed by atoms with Crippen molar-refractivity contribution < 1.29 is 43.2 Å². The van der Waals surface area contributed by atoms with Gasteiger partial charge in [0.15, 0.2) is 11.5 Å². The standard InChI is InChI=1S/C29H44N4O9/c1-17(34)22(31-27(38)42-28(2,3)4)25(36)32-12-8-10-19(32)24(35)33-13-9-11-29(33,26(30)37)16-18-14-20(39-5)23(41-7)21(15-18)40-6/h14-15,17,19,22,34H,8-13,16H2,1-7H3,(H2,30,37)(H,31,38)/t17-,19+,22+,29-/m1/s1. The van der Waals surface area contributed by atoms with E-state index in [-0.39, 0.29) is 19.5 Å². The maximum absolute atomic E-state index is 14.1. The van der Waals surface area contributed by atoms with Gasteiger partial charge in [0.25, 0.3) is 0 Å². The Hall–Kier alpha value is -3.74. The van der Waals surface area contributed by atoms with E-state index < -0.39 is 53.1 Å². The summed E-state index contributed by atoms with van der Waals surface area (Å²) in [5.41, 5.74) is 4.49. The number of alkyl carbamates (subject to hydrolysis) is 1. The lowest BCUT2D eigenvalue weighted by molar-refractivity contribution is -0.151. The number of carbonyl (C=O) groups excluding carboxylic acids is 4. The Balaban J connectivity index is 1.90. The monoisotopic (exact) mass is 592 g/mol. The molecule has 2 fully saturated rings. The molecule has 2 aliphatic heterocycles. The summed E-state index contributed by atoms with van der Waals surface area (Å²) in [6.07, 6.45) is -0.246. The zero-order chi connectivity index (χ0) is 31.4. The average Bonchev–Trinajstić information content (AvgIpc) is 3.57. The molecule has 0 saturated carbocycles. The fourth-order valence-corrected chi connectivity index (χ4v) is 5.77. The van der Waals surface area contributed by atoms with E-state index in [1.165, 1.54) is 38.1 Å². The van der Waals surface area contributed by atoms with E-state index in [0.29, 0.717) is 48.5 Å². The fourth-order valence-electron chi connectivity index (χ4n) is 5.77. The second-order valence-electron chi connectivity index (χ2n) is 11.8. The number of nitrogens with two attached hydrogens (primary N) is 1. The van der Waals surface area contributed by atoms with Crippen molar-refractivity contribution in [3.8, 4) is 17.2 Å². The third kappa shape index (κ3) is 6.83. The lowest BCUT2D eigenvalue weighted by atomic mass is 9.86. The Morgan fingerprint density at radius 3 is 2.19 bits per heavy atom. The van der Waals surface area contributed by atoms with E-state index in [2.05, 4.69) is 5.32 Å². The van der Waals surface area contributed by atoms with Crippen LogP contribution in [0.15, 0.2) is 12.1 Å². The Morgan fingerprint density at radius 1 is 1.07 bits per heavy atom. The van der Waals surface area contributed by atoms with Crippen LogP contribution < -0.4 is 25.3 Å². The number of hydrogen-bond donors (Lipinski definition) is 3. The molecule has 13 heteroatoms. The highest BCUT2D eigenvalue weighted by atomic mass is 16.6. The SMILES string of the molecule is COc1cc(C[C@@]2(C(N)=O)CCCN2C(=O)[C@@H]2CCCN2C(=O)[C@@H](NC(=O)OC(C)(C)C)[C@@H](C)O)cc(OC)c1OC. The summed E-state index contributed by atoms with van der Waals surface area (Å²) in [6, 6.07) is 1.21. The minimum atomic E-state index is -1.35. The Morgan fingerprint density at radius 2 is 1.69 bits per heavy atom. The van der Waals surface area contributed by atoms with E-state index >= 15 is 0 Å². The summed E-state index contributed by atoms with van der Waals surface area (Å²) in [6.45, 7) is 6.95. The zero-order valence-electron chi connectivity index (χ0n) is 25.5. The van der Waals surface area contributed by atoms with Crippen molar-refractivity contribution in [1.29, 1.82) is 0 Å². The number of hydrogen-bond acceptors (Lipinski definition) is 9. The number of benzene rings is 1.